The molecule has 2 amide bonds. The molecule has 2 aromatic heterocycles. The Hall–Kier alpha value is -2.77. The van der Waals surface area contributed by atoms with Crippen LogP contribution in [-0.2, 0) is 10.2 Å². The first kappa shape index (κ1) is 19.5. The second-order valence-corrected chi connectivity index (χ2v) is 8.67. The largest absolute Gasteiger partial charge is 0.349 e. The molecule has 0 unspecified atom stereocenters. The van der Waals surface area contributed by atoms with E-state index in [1.54, 1.807) is 19.2 Å². The predicted molar refractivity (Wildman–Crippen MR) is 105 cm³/mol. The van der Waals surface area contributed by atoms with E-state index in [4.69, 9.17) is 4.52 Å². The molecule has 1 saturated heterocycles. The summed E-state index contributed by atoms with van der Waals surface area (Å²) in [6, 6.07) is 3.60. The van der Waals surface area contributed by atoms with Crippen LogP contribution in [0.4, 0.5) is 0 Å². The molecule has 0 aromatic carbocycles. The summed E-state index contributed by atoms with van der Waals surface area (Å²) in [6.07, 6.45) is 3.04. The van der Waals surface area contributed by atoms with Gasteiger partial charge in [-0.3, -0.25) is 14.6 Å². The molecule has 1 N–H and O–H groups in total. The first-order valence-electron chi connectivity index (χ1n) is 10.1. The van der Waals surface area contributed by atoms with Gasteiger partial charge in [0.05, 0.1) is 11.0 Å². The van der Waals surface area contributed by atoms with Crippen molar-refractivity contribution in [2.45, 2.75) is 52.0 Å². The van der Waals surface area contributed by atoms with Gasteiger partial charge in [-0.25, -0.2) is 0 Å². The third kappa shape index (κ3) is 3.52. The second-order valence-electron chi connectivity index (χ2n) is 8.67. The molecular weight excluding hydrogens is 370 g/mol. The van der Waals surface area contributed by atoms with Gasteiger partial charge >= 0.3 is 0 Å². The van der Waals surface area contributed by atoms with Crippen LogP contribution in [0.1, 0.15) is 54.5 Å². The summed E-state index contributed by atoms with van der Waals surface area (Å²) in [5.74, 6) is 1.29. The van der Waals surface area contributed by atoms with Crippen LogP contribution in [0.3, 0.4) is 0 Å². The van der Waals surface area contributed by atoms with Crippen LogP contribution in [0.15, 0.2) is 22.9 Å². The average Bonchev–Trinajstić information content (AvgIpc) is 3.34. The van der Waals surface area contributed by atoms with Crippen molar-refractivity contribution in [1.82, 2.24) is 25.3 Å². The number of amides is 2. The Morgan fingerprint density at radius 1 is 1.31 bits per heavy atom. The molecule has 3 heterocycles. The van der Waals surface area contributed by atoms with Crippen molar-refractivity contribution in [3.05, 3.63) is 41.3 Å². The van der Waals surface area contributed by atoms with Gasteiger partial charge < -0.3 is 14.7 Å². The number of aryl methyl sites for hydroxylation is 2. The molecule has 4 rings (SSSR count). The fourth-order valence-corrected chi connectivity index (χ4v) is 4.72. The summed E-state index contributed by atoms with van der Waals surface area (Å²) in [7, 11) is 0. The molecule has 3 atom stereocenters. The Morgan fingerprint density at radius 2 is 2.10 bits per heavy atom. The van der Waals surface area contributed by atoms with E-state index >= 15 is 0 Å². The average molecular weight is 397 g/mol. The third-order valence-corrected chi connectivity index (χ3v) is 6.14. The van der Waals surface area contributed by atoms with E-state index in [0.717, 1.165) is 12.1 Å². The zero-order valence-corrected chi connectivity index (χ0v) is 17.3. The fourth-order valence-electron chi connectivity index (χ4n) is 4.72. The minimum atomic E-state index is -0.407. The fraction of sp³-hybridized carbons (Fsp3) is 0.571. The van der Waals surface area contributed by atoms with Crippen LogP contribution in [0.5, 0.6) is 0 Å². The number of hydrogen-bond donors (Lipinski definition) is 1. The minimum Gasteiger partial charge on any atom is -0.349 e. The number of rotatable bonds is 4. The van der Waals surface area contributed by atoms with E-state index in [2.05, 4.69) is 20.4 Å². The number of nitrogens with one attached hydrogen (secondary N) is 1. The Labute approximate surface area is 170 Å². The normalized spacial score (nSPS) is 26.0. The minimum absolute atomic E-state index is 0.0164. The lowest BCUT2D eigenvalue weighted by molar-refractivity contribution is -0.133. The number of hydrogen-bond acceptors (Lipinski definition) is 6. The second kappa shape index (κ2) is 7.24. The Morgan fingerprint density at radius 3 is 2.72 bits per heavy atom. The van der Waals surface area contributed by atoms with Gasteiger partial charge in [0.25, 0.3) is 5.91 Å². The maximum absolute atomic E-state index is 12.7. The maximum Gasteiger partial charge on any atom is 0.253 e. The van der Waals surface area contributed by atoms with Crippen LogP contribution < -0.4 is 5.32 Å². The molecule has 2 aliphatic rings. The summed E-state index contributed by atoms with van der Waals surface area (Å²) < 4.78 is 5.57. The van der Waals surface area contributed by atoms with Crippen LogP contribution in [0, 0.1) is 25.7 Å². The van der Waals surface area contributed by atoms with Crippen LogP contribution >= 0.6 is 0 Å². The monoisotopic (exact) mass is 397 g/mol. The first-order chi connectivity index (χ1) is 13.8. The van der Waals surface area contributed by atoms with Gasteiger partial charge in [0.1, 0.15) is 0 Å². The highest BCUT2D eigenvalue weighted by Crippen LogP contribution is 2.50. The Balaban J connectivity index is 1.55. The lowest BCUT2D eigenvalue weighted by atomic mass is 9.80. The molecule has 154 valence electrons. The topological polar surface area (TPSA) is 101 Å². The van der Waals surface area contributed by atoms with Crippen LogP contribution in [0.25, 0.3) is 0 Å². The van der Waals surface area contributed by atoms with Crippen LogP contribution in [-0.4, -0.2) is 51.0 Å². The molecular formula is C21H27N5O3. The summed E-state index contributed by atoms with van der Waals surface area (Å²) in [6.45, 7) is 8.71. The number of carbonyl (C=O) groups is 2. The van der Waals surface area contributed by atoms with E-state index in [-0.39, 0.29) is 29.7 Å². The predicted octanol–water partition coefficient (Wildman–Crippen LogP) is 2.03. The number of likely N-dealkylation sites (tertiary alicyclic amines) is 1. The van der Waals surface area contributed by atoms with E-state index in [1.165, 1.54) is 0 Å². The smallest absolute Gasteiger partial charge is 0.253 e. The summed E-state index contributed by atoms with van der Waals surface area (Å²) in [4.78, 5) is 35.9. The SMILES string of the molecule is Cc1ccc(C(=O)N[C@@H]2C[C@H]3CN(C(=O)C(C)C)C[C@@]3(c3nc(C)no3)C2)cn1. The highest BCUT2D eigenvalue weighted by Gasteiger charge is 2.58. The number of fused-ring (bicyclic) bond motifs is 1. The molecule has 8 nitrogen and oxygen atoms in total. The van der Waals surface area contributed by atoms with E-state index < -0.39 is 5.41 Å². The van der Waals surface area contributed by atoms with Gasteiger partial charge in [-0.1, -0.05) is 19.0 Å². The number of carbonyl (C=O) groups excluding carboxylic acids is 2. The van der Waals surface area contributed by atoms with Crippen LogP contribution in [0.2, 0.25) is 0 Å². The molecule has 1 aliphatic carbocycles. The molecule has 1 saturated carbocycles. The van der Waals surface area contributed by atoms with Gasteiger partial charge in [0.2, 0.25) is 11.8 Å². The van der Waals surface area contributed by atoms with Crippen molar-refractivity contribution in [3.63, 3.8) is 0 Å². The van der Waals surface area contributed by atoms with E-state index in [1.807, 2.05) is 31.7 Å². The van der Waals surface area contributed by atoms with Gasteiger partial charge in [-0.15, -0.1) is 0 Å². The van der Waals surface area contributed by atoms with Crippen molar-refractivity contribution in [2.24, 2.45) is 11.8 Å². The molecule has 2 fully saturated rings. The van der Waals surface area contributed by atoms with Gasteiger partial charge in [0, 0.05) is 36.9 Å². The van der Waals surface area contributed by atoms with E-state index in [0.29, 0.717) is 36.8 Å². The highest BCUT2D eigenvalue weighted by atomic mass is 16.5. The molecule has 1 aliphatic heterocycles. The van der Waals surface area contributed by atoms with Crippen molar-refractivity contribution in [1.29, 1.82) is 0 Å². The van der Waals surface area contributed by atoms with Crippen molar-refractivity contribution in [3.8, 4) is 0 Å². The van der Waals surface area contributed by atoms with Gasteiger partial charge in [-0.2, -0.15) is 4.98 Å². The molecule has 29 heavy (non-hydrogen) atoms. The van der Waals surface area contributed by atoms with Gasteiger partial charge in [-0.05, 0) is 44.7 Å². The van der Waals surface area contributed by atoms with Crippen molar-refractivity contribution < 1.29 is 14.1 Å². The summed E-state index contributed by atoms with van der Waals surface area (Å²) in [5.41, 5.74) is 1.01. The Kier molecular flexibility index (Phi) is 4.88. The van der Waals surface area contributed by atoms with E-state index in [9.17, 15) is 9.59 Å². The van der Waals surface area contributed by atoms with Crippen molar-refractivity contribution in [2.75, 3.05) is 13.1 Å². The lowest BCUT2D eigenvalue weighted by Crippen LogP contribution is -2.40. The lowest BCUT2D eigenvalue weighted by Gasteiger charge is -2.26. The maximum atomic E-state index is 12.7. The molecule has 0 bridgehead atoms. The van der Waals surface area contributed by atoms with Crippen molar-refractivity contribution >= 4 is 11.8 Å². The molecule has 0 radical (unpaired) electrons. The first-order valence-corrected chi connectivity index (χ1v) is 10.1. The molecule has 2 aromatic rings. The number of nitrogens with zero attached hydrogens (tertiary/aromatic N) is 4. The summed E-state index contributed by atoms with van der Waals surface area (Å²) >= 11 is 0. The number of aromatic nitrogens is 3. The standard InChI is InChI=1S/C21H27N5O3/c1-12(2)19(28)26-10-16-7-17(24-18(27)15-6-5-13(3)22-9-15)8-21(16,11-26)20-23-14(4)25-29-20/h5-6,9,12,16-17H,7-8,10-11H2,1-4H3,(H,24,27)/t16-,17+,21-/m0/s1. The zero-order chi connectivity index (χ0) is 20.8. The quantitative estimate of drug-likeness (QED) is 0.847. The number of pyridine rings is 1. The highest BCUT2D eigenvalue weighted by molar-refractivity contribution is 5.94. The Bertz CT molecular complexity index is 923. The third-order valence-electron chi connectivity index (χ3n) is 6.14. The zero-order valence-electron chi connectivity index (χ0n) is 17.3. The van der Waals surface area contributed by atoms with Gasteiger partial charge in [0.15, 0.2) is 5.82 Å². The molecule has 8 heteroatoms. The summed E-state index contributed by atoms with van der Waals surface area (Å²) in [5, 5.41) is 7.12. The molecule has 0 spiro atoms.